The van der Waals surface area contributed by atoms with E-state index in [0.29, 0.717) is 12.8 Å². The largest absolute Gasteiger partial charge is 0.394 e. The van der Waals surface area contributed by atoms with Crippen molar-refractivity contribution in [3.63, 3.8) is 0 Å². The topological polar surface area (TPSA) is 89.8 Å². The number of amides is 1. The SMILES string of the molecule is CCCCCCCCCCCCCC/C=C\CCCCCCCCCCCCCCCC(O)C(=O)NC(CO)C(O)CCCCCCCCCCCCC. The van der Waals surface area contributed by atoms with E-state index in [-0.39, 0.29) is 6.61 Å². The smallest absolute Gasteiger partial charge is 0.249 e. The maximum Gasteiger partial charge on any atom is 0.249 e. The predicted octanol–water partition coefficient (Wildman–Crippen LogP) is 14.4. The summed E-state index contributed by atoms with van der Waals surface area (Å²) in [5.74, 6) is -0.468. The fraction of sp³-hybridized carbons (Fsp3) is 0.939. The fourth-order valence-corrected chi connectivity index (χ4v) is 7.78. The molecule has 0 rings (SSSR count). The van der Waals surface area contributed by atoms with Gasteiger partial charge in [0, 0.05) is 0 Å². The maximum absolute atomic E-state index is 12.5. The summed E-state index contributed by atoms with van der Waals surface area (Å²) in [5, 5.41) is 33.3. The molecule has 0 fully saturated rings. The number of nitrogens with one attached hydrogen (secondary N) is 1. The normalized spacial score (nSPS) is 13.5. The highest BCUT2D eigenvalue weighted by molar-refractivity contribution is 5.80. The molecular formula is C49H97NO4. The molecule has 3 unspecified atom stereocenters. The highest BCUT2D eigenvalue weighted by Crippen LogP contribution is 2.17. The van der Waals surface area contributed by atoms with Crippen molar-refractivity contribution in [1.82, 2.24) is 5.32 Å². The summed E-state index contributed by atoms with van der Waals surface area (Å²) in [6, 6.07) is -0.707. The van der Waals surface area contributed by atoms with E-state index < -0.39 is 24.2 Å². The number of aliphatic hydroxyl groups is 3. The van der Waals surface area contributed by atoms with E-state index in [9.17, 15) is 20.1 Å². The van der Waals surface area contributed by atoms with Gasteiger partial charge in [-0.2, -0.15) is 0 Å². The van der Waals surface area contributed by atoms with Gasteiger partial charge in [-0.25, -0.2) is 0 Å². The molecule has 0 bridgehead atoms. The molecule has 0 spiro atoms. The van der Waals surface area contributed by atoms with Gasteiger partial charge in [-0.15, -0.1) is 0 Å². The molecule has 3 atom stereocenters. The third kappa shape index (κ3) is 39.3. The Kier molecular flexibility index (Phi) is 44.0. The summed E-state index contributed by atoms with van der Waals surface area (Å²) >= 11 is 0. The Morgan fingerprint density at radius 2 is 0.704 bits per heavy atom. The number of hydrogen-bond acceptors (Lipinski definition) is 4. The molecule has 0 aliphatic rings. The van der Waals surface area contributed by atoms with Crippen molar-refractivity contribution in [2.24, 2.45) is 0 Å². The van der Waals surface area contributed by atoms with Crippen LogP contribution in [0.5, 0.6) is 0 Å². The number of unbranched alkanes of at least 4 members (excludes halogenated alkanes) is 35. The van der Waals surface area contributed by atoms with Crippen molar-refractivity contribution in [2.45, 2.75) is 289 Å². The number of allylic oxidation sites excluding steroid dienone is 2. The molecule has 0 heterocycles. The molecule has 0 radical (unpaired) electrons. The van der Waals surface area contributed by atoms with Gasteiger partial charge in [0.25, 0.3) is 0 Å². The van der Waals surface area contributed by atoms with Crippen molar-refractivity contribution < 1.29 is 20.1 Å². The third-order valence-corrected chi connectivity index (χ3v) is 11.6. The zero-order valence-electron chi connectivity index (χ0n) is 36.6. The molecule has 4 N–H and O–H groups in total. The Hall–Kier alpha value is -0.910. The summed E-state index contributed by atoms with van der Waals surface area (Å²) in [6.45, 7) is 4.24. The Morgan fingerprint density at radius 1 is 0.426 bits per heavy atom. The van der Waals surface area contributed by atoms with Gasteiger partial charge in [0.1, 0.15) is 6.10 Å². The second-order valence-corrected chi connectivity index (χ2v) is 17.0. The van der Waals surface area contributed by atoms with E-state index in [4.69, 9.17) is 0 Å². The number of carbonyl (C=O) groups excluding carboxylic acids is 1. The van der Waals surface area contributed by atoms with Crippen LogP contribution in [0.25, 0.3) is 0 Å². The van der Waals surface area contributed by atoms with Gasteiger partial charge in [0.05, 0.1) is 18.8 Å². The summed E-state index contributed by atoms with van der Waals surface area (Å²) in [5.41, 5.74) is 0. The average molecular weight is 764 g/mol. The highest BCUT2D eigenvalue weighted by atomic mass is 16.3. The second kappa shape index (κ2) is 44.8. The molecule has 0 aliphatic carbocycles. The molecule has 0 aromatic rings. The van der Waals surface area contributed by atoms with Crippen LogP contribution in [0.1, 0.15) is 271 Å². The zero-order valence-corrected chi connectivity index (χ0v) is 36.6. The van der Waals surface area contributed by atoms with E-state index in [1.54, 1.807) is 0 Å². The first-order valence-electron chi connectivity index (χ1n) is 24.5. The van der Waals surface area contributed by atoms with Crippen LogP contribution in [0.3, 0.4) is 0 Å². The minimum absolute atomic E-state index is 0.310. The molecule has 0 aromatic heterocycles. The lowest BCUT2D eigenvalue weighted by molar-refractivity contribution is -0.131. The minimum atomic E-state index is -1.07. The van der Waals surface area contributed by atoms with Crippen molar-refractivity contribution >= 4 is 5.91 Å². The lowest BCUT2D eigenvalue weighted by Crippen LogP contribution is -2.49. The Bertz CT molecular complexity index is 758. The third-order valence-electron chi connectivity index (χ3n) is 11.6. The van der Waals surface area contributed by atoms with Crippen molar-refractivity contribution in [1.29, 1.82) is 0 Å². The quantitative estimate of drug-likeness (QED) is 0.0367. The van der Waals surface area contributed by atoms with E-state index in [1.807, 2.05) is 0 Å². The van der Waals surface area contributed by atoms with Crippen LogP contribution >= 0.6 is 0 Å². The van der Waals surface area contributed by atoms with E-state index in [0.717, 1.165) is 32.1 Å². The number of rotatable bonds is 45. The maximum atomic E-state index is 12.5. The average Bonchev–Trinajstić information content (AvgIpc) is 3.18. The molecule has 1 amide bonds. The predicted molar refractivity (Wildman–Crippen MR) is 236 cm³/mol. The molecule has 0 saturated heterocycles. The van der Waals surface area contributed by atoms with Gasteiger partial charge in [-0.3, -0.25) is 4.79 Å². The molecule has 0 saturated carbocycles. The number of carbonyl (C=O) groups is 1. The lowest BCUT2D eigenvalue weighted by atomic mass is 10.0. The first kappa shape index (κ1) is 53.1. The van der Waals surface area contributed by atoms with Crippen molar-refractivity contribution in [3.05, 3.63) is 12.2 Å². The molecule has 54 heavy (non-hydrogen) atoms. The van der Waals surface area contributed by atoms with E-state index >= 15 is 0 Å². The van der Waals surface area contributed by atoms with Crippen LogP contribution in [0, 0.1) is 0 Å². The Balaban J connectivity index is 3.49. The van der Waals surface area contributed by atoms with Gasteiger partial charge in [-0.1, -0.05) is 244 Å². The van der Waals surface area contributed by atoms with E-state index in [2.05, 4.69) is 31.3 Å². The van der Waals surface area contributed by atoms with Crippen LogP contribution in [0.4, 0.5) is 0 Å². The van der Waals surface area contributed by atoms with Gasteiger partial charge in [0.15, 0.2) is 0 Å². The molecule has 5 heteroatoms. The van der Waals surface area contributed by atoms with Crippen LogP contribution in [-0.4, -0.2) is 46.1 Å². The van der Waals surface area contributed by atoms with Gasteiger partial charge >= 0.3 is 0 Å². The summed E-state index contributed by atoms with van der Waals surface area (Å²) < 4.78 is 0. The second-order valence-electron chi connectivity index (χ2n) is 17.0. The first-order valence-corrected chi connectivity index (χ1v) is 24.5. The monoisotopic (exact) mass is 764 g/mol. The standard InChI is InChI=1S/C49H97NO4/c1-3-5-7-9-11-13-15-16-17-18-19-20-21-22-23-24-25-26-27-28-29-30-31-32-34-36-38-40-42-44-48(53)49(54)50-46(45-51)47(52)43-41-39-37-35-33-14-12-10-8-6-4-2/h22-23,46-48,51-53H,3-21,24-45H2,1-2H3,(H,50,54)/b23-22-. The van der Waals surface area contributed by atoms with Crippen LogP contribution in [0.2, 0.25) is 0 Å². The zero-order chi connectivity index (χ0) is 39.4. The fourth-order valence-electron chi connectivity index (χ4n) is 7.78. The Labute approximate surface area is 338 Å². The summed E-state index contributed by atoms with van der Waals surface area (Å²) in [7, 11) is 0. The summed E-state index contributed by atoms with van der Waals surface area (Å²) in [4.78, 5) is 12.5. The number of aliphatic hydroxyl groups excluding tert-OH is 3. The lowest BCUT2D eigenvalue weighted by Gasteiger charge is -2.23. The molecule has 5 nitrogen and oxygen atoms in total. The van der Waals surface area contributed by atoms with Crippen LogP contribution < -0.4 is 5.32 Å². The molecule has 0 aromatic carbocycles. The summed E-state index contributed by atoms with van der Waals surface area (Å²) in [6.07, 6.45) is 53.8. The van der Waals surface area contributed by atoms with Crippen LogP contribution in [0.15, 0.2) is 12.2 Å². The van der Waals surface area contributed by atoms with Crippen molar-refractivity contribution in [3.8, 4) is 0 Å². The minimum Gasteiger partial charge on any atom is -0.394 e. The molecular weight excluding hydrogens is 667 g/mol. The van der Waals surface area contributed by atoms with Crippen molar-refractivity contribution in [2.75, 3.05) is 6.61 Å². The Morgan fingerprint density at radius 3 is 1.02 bits per heavy atom. The van der Waals surface area contributed by atoms with Crippen LogP contribution in [-0.2, 0) is 4.79 Å². The molecule has 322 valence electrons. The van der Waals surface area contributed by atoms with Gasteiger partial charge < -0.3 is 20.6 Å². The first-order chi connectivity index (χ1) is 26.6. The molecule has 0 aliphatic heterocycles. The van der Waals surface area contributed by atoms with Gasteiger partial charge in [0.2, 0.25) is 5.91 Å². The van der Waals surface area contributed by atoms with Gasteiger partial charge in [-0.05, 0) is 38.5 Å². The van der Waals surface area contributed by atoms with E-state index in [1.165, 1.54) is 212 Å². The highest BCUT2D eigenvalue weighted by Gasteiger charge is 2.23. The number of hydrogen-bond donors (Lipinski definition) is 4.